The molecule has 2 aromatic rings. The summed E-state index contributed by atoms with van der Waals surface area (Å²) in [6.07, 6.45) is 0.956. The molecule has 0 spiro atoms. The molecular weight excluding hydrogens is 428 g/mol. The number of hydrogen-bond acceptors (Lipinski definition) is 4. The fourth-order valence-electron chi connectivity index (χ4n) is 3.04. The number of nitrogens with one attached hydrogen (secondary N) is 2. The first-order valence-corrected chi connectivity index (χ1v) is 11.2. The molecule has 2 amide bonds. The van der Waals surface area contributed by atoms with E-state index in [-0.39, 0.29) is 17.7 Å². The zero-order valence-corrected chi connectivity index (χ0v) is 20.2. The molecule has 6 nitrogen and oxygen atoms in total. The molecule has 0 heterocycles. The molecule has 7 heteroatoms. The molecule has 0 fully saturated rings. The summed E-state index contributed by atoms with van der Waals surface area (Å²) < 4.78 is 11.3. The van der Waals surface area contributed by atoms with Gasteiger partial charge >= 0.3 is 0 Å². The number of methoxy groups -OCH3 is 1. The van der Waals surface area contributed by atoms with Gasteiger partial charge in [-0.2, -0.15) is 0 Å². The average molecular weight is 461 g/mol. The number of halogens is 1. The molecule has 1 atom stereocenters. The molecule has 0 bridgehead atoms. The van der Waals surface area contributed by atoms with Gasteiger partial charge in [-0.25, -0.2) is 0 Å². The Kier molecular flexibility index (Phi) is 9.85. The van der Waals surface area contributed by atoms with Crippen LogP contribution >= 0.6 is 11.6 Å². The minimum absolute atomic E-state index is 0.104. The Morgan fingerprint density at radius 2 is 1.75 bits per heavy atom. The van der Waals surface area contributed by atoms with Crippen molar-refractivity contribution in [2.24, 2.45) is 11.8 Å². The van der Waals surface area contributed by atoms with Crippen LogP contribution in [0.5, 0.6) is 11.5 Å². The monoisotopic (exact) mass is 460 g/mol. The number of amides is 2. The highest BCUT2D eigenvalue weighted by Gasteiger charge is 2.25. The van der Waals surface area contributed by atoms with Gasteiger partial charge in [-0.05, 0) is 48.1 Å². The Labute approximate surface area is 195 Å². The first kappa shape index (κ1) is 25.5. The summed E-state index contributed by atoms with van der Waals surface area (Å²) >= 11 is 6.11. The number of ether oxygens (including phenoxy) is 2. The van der Waals surface area contributed by atoms with Crippen molar-refractivity contribution in [3.05, 3.63) is 58.6 Å². The van der Waals surface area contributed by atoms with Crippen LogP contribution in [0.4, 0.5) is 0 Å². The second-order valence-electron chi connectivity index (χ2n) is 8.41. The van der Waals surface area contributed by atoms with Crippen LogP contribution in [0.2, 0.25) is 5.02 Å². The number of benzene rings is 2. The number of carbonyl (C=O) groups is 2. The lowest BCUT2D eigenvalue weighted by Crippen LogP contribution is -2.49. The summed E-state index contributed by atoms with van der Waals surface area (Å²) in [6.45, 7) is 8.96. The molecule has 2 N–H and O–H groups in total. The van der Waals surface area contributed by atoms with E-state index >= 15 is 0 Å². The second kappa shape index (κ2) is 12.3. The van der Waals surface area contributed by atoms with Gasteiger partial charge < -0.3 is 20.1 Å². The van der Waals surface area contributed by atoms with Crippen LogP contribution in [-0.4, -0.2) is 31.6 Å². The third-order valence-corrected chi connectivity index (χ3v) is 5.33. The highest BCUT2D eigenvalue weighted by atomic mass is 35.5. The normalized spacial score (nSPS) is 11.9. The maximum atomic E-state index is 12.8. The average Bonchev–Trinajstić information content (AvgIpc) is 2.76. The van der Waals surface area contributed by atoms with Gasteiger partial charge in [0.15, 0.2) is 11.5 Å². The first-order valence-electron chi connectivity index (χ1n) is 10.9. The lowest BCUT2D eigenvalue weighted by Gasteiger charge is -2.22. The Bertz CT molecular complexity index is 915. The van der Waals surface area contributed by atoms with Crippen molar-refractivity contribution in [2.45, 2.75) is 46.7 Å². The third kappa shape index (κ3) is 7.45. The molecule has 174 valence electrons. The topological polar surface area (TPSA) is 76.7 Å². The molecule has 2 rings (SSSR count). The van der Waals surface area contributed by atoms with Crippen molar-refractivity contribution in [1.82, 2.24) is 10.6 Å². The van der Waals surface area contributed by atoms with E-state index in [1.165, 1.54) is 0 Å². The molecule has 0 aliphatic carbocycles. The summed E-state index contributed by atoms with van der Waals surface area (Å²) in [6, 6.07) is 11.6. The van der Waals surface area contributed by atoms with Crippen LogP contribution in [0.1, 0.15) is 50.0 Å². The summed E-state index contributed by atoms with van der Waals surface area (Å²) in [5.41, 5.74) is 1.21. The zero-order valence-electron chi connectivity index (χ0n) is 19.4. The molecule has 0 saturated carbocycles. The van der Waals surface area contributed by atoms with Crippen molar-refractivity contribution < 1.29 is 19.1 Å². The van der Waals surface area contributed by atoms with Crippen molar-refractivity contribution in [3.63, 3.8) is 0 Å². The lowest BCUT2D eigenvalue weighted by molar-refractivity contribution is -0.124. The highest BCUT2D eigenvalue weighted by molar-refractivity contribution is 6.33. The summed E-state index contributed by atoms with van der Waals surface area (Å²) in [5.74, 6) is 1.10. The van der Waals surface area contributed by atoms with E-state index in [0.717, 1.165) is 12.0 Å². The minimum Gasteiger partial charge on any atom is -0.493 e. The SMILES string of the molecule is COc1cc(CNC(=O)C(NC(=O)c2ccccc2Cl)C(C)C)ccc1OCCC(C)C. The predicted octanol–water partition coefficient (Wildman–Crippen LogP) is 4.84. The van der Waals surface area contributed by atoms with E-state index in [9.17, 15) is 9.59 Å². The molecular formula is C25H33ClN2O4. The van der Waals surface area contributed by atoms with E-state index in [0.29, 0.717) is 41.2 Å². The van der Waals surface area contributed by atoms with Gasteiger partial charge in [-0.3, -0.25) is 9.59 Å². The predicted molar refractivity (Wildman–Crippen MR) is 127 cm³/mol. The molecule has 1 unspecified atom stereocenters. The van der Waals surface area contributed by atoms with Gasteiger partial charge in [-0.15, -0.1) is 0 Å². The van der Waals surface area contributed by atoms with Crippen LogP contribution in [0.3, 0.4) is 0 Å². The first-order chi connectivity index (χ1) is 15.2. The van der Waals surface area contributed by atoms with E-state index in [1.54, 1.807) is 31.4 Å². The van der Waals surface area contributed by atoms with Crippen LogP contribution in [0.15, 0.2) is 42.5 Å². The van der Waals surface area contributed by atoms with Gasteiger partial charge in [0.1, 0.15) is 6.04 Å². The fraction of sp³-hybridized carbons (Fsp3) is 0.440. The summed E-state index contributed by atoms with van der Waals surface area (Å²) in [7, 11) is 1.59. The summed E-state index contributed by atoms with van der Waals surface area (Å²) in [4.78, 5) is 25.4. The fourth-order valence-corrected chi connectivity index (χ4v) is 3.27. The molecule has 32 heavy (non-hydrogen) atoms. The van der Waals surface area contributed by atoms with Gasteiger partial charge in [0.2, 0.25) is 5.91 Å². The minimum atomic E-state index is -0.695. The van der Waals surface area contributed by atoms with Crippen molar-refractivity contribution in [1.29, 1.82) is 0 Å². The van der Waals surface area contributed by atoms with Crippen molar-refractivity contribution in [2.75, 3.05) is 13.7 Å². The number of carbonyl (C=O) groups excluding carboxylic acids is 2. The maximum Gasteiger partial charge on any atom is 0.253 e. The van der Waals surface area contributed by atoms with Crippen LogP contribution < -0.4 is 20.1 Å². The summed E-state index contributed by atoms with van der Waals surface area (Å²) in [5, 5.41) is 6.03. The smallest absolute Gasteiger partial charge is 0.253 e. The Hall–Kier alpha value is -2.73. The van der Waals surface area contributed by atoms with Gasteiger partial charge in [0.25, 0.3) is 5.91 Å². The second-order valence-corrected chi connectivity index (χ2v) is 8.82. The van der Waals surface area contributed by atoms with E-state index < -0.39 is 6.04 Å². The Balaban J connectivity index is 2.00. The number of rotatable bonds is 11. The standard InChI is InChI=1S/C25H33ClN2O4/c1-16(2)12-13-32-21-11-10-18(14-22(21)31-5)15-27-25(30)23(17(3)4)28-24(29)19-8-6-7-9-20(19)26/h6-11,14,16-17,23H,12-13,15H2,1-5H3,(H,27,30)(H,28,29). The molecule has 0 saturated heterocycles. The maximum absolute atomic E-state index is 12.8. The molecule has 2 aromatic carbocycles. The largest absolute Gasteiger partial charge is 0.493 e. The lowest BCUT2D eigenvalue weighted by atomic mass is 10.0. The van der Waals surface area contributed by atoms with Crippen LogP contribution in [0, 0.1) is 11.8 Å². The van der Waals surface area contributed by atoms with Crippen molar-refractivity contribution >= 4 is 23.4 Å². The van der Waals surface area contributed by atoms with E-state index in [2.05, 4.69) is 24.5 Å². The van der Waals surface area contributed by atoms with Crippen LogP contribution in [-0.2, 0) is 11.3 Å². The van der Waals surface area contributed by atoms with Gasteiger partial charge in [0, 0.05) is 6.54 Å². The Morgan fingerprint density at radius 3 is 2.38 bits per heavy atom. The third-order valence-electron chi connectivity index (χ3n) is 5.00. The number of hydrogen-bond donors (Lipinski definition) is 2. The molecule has 0 aromatic heterocycles. The zero-order chi connectivity index (χ0) is 23.7. The quantitative estimate of drug-likeness (QED) is 0.502. The molecule has 0 aliphatic rings. The molecule has 0 radical (unpaired) electrons. The molecule has 0 aliphatic heterocycles. The highest BCUT2D eigenvalue weighted by Crippen LogP contribution is 2.28. The van der Waals surface area contributed by atoms with Gasteiger partial charge in [-0.1, -0.05) is 57.5 Å². The van der Waals surface area contributed by atoms with E-state index in [1.807, 2.05) is 32.0 Å². The Morgan fingerprint density at radius 1 is 1.03 bits per heavy atom. The van der Waals surface area contributed by atoms with Gasteiger partial charge in [0.05, 0.1) is 24.3 Å². The van der Waals surface area contributed by atoms with E-state index in [4.69, 9.17) is 21.1 Å². The van der Waals surface area contributed by atoms with Crippen LogP contribution in [0.25, 0.3) is 0 Å². The van der Waals surface area contributed by atoms with Crippen molar-refractivity contribution in [3.8, 4) is 11.5 Å².